The normalized spacial score (nSPS) is 17.2. The van der Waals surface area contributed by atoms with E-state index in [4.69, 9.17) is 4.74 Å². The molecule has 1 N–H and O–H groups in total. The number of carbonyl (C=O) groups excluding carboxylic acids is 1. The third kappa shape index (κ3) is 3.73. The molecule has 2 heterocycles. The molecule has 0 bridgehead atoms. The van der Waals surface area contributed by atoms with Crippen LogP contribution in [0.2, 0.25) is 0 Å². The topological polar surface area (TPSA) is 64.1 Å². The first-order chi connectivity index (χ1) is 13.6. The summed E-state index contributed by atoms with van der Waals surface area (Å²) in [6.07, 6.45) is 4.99. The number of thioether (sulfide) groups is 1. The smallest absolute Gasteiger partial charge is 0.237 e. The number of fused-ring (bicyclic) bond motifs is 3. The van der Waals surface area contributed by atoms with Gasteiger partial charge in [0.05, 0.1) is 18.0 Å². The highest BCUT2D eigenvalue weighted by Crippen LogP contribution is 2.41. The minimum Gasteiger partial charge on any atom is -0.495 e. The number of hydrogen-bond acceptors (Lipinski definition) is 6. The minimum absolute atomic E-state index is 0.0704. The molecule has 0 fully saturated rings. The Morgan fingerprint density at radius 3 is 3.00 bits per heavy atom. The first-order valence-electron chi connectivity index (χ1n) is 9.42. The van der Waals surface area contributed by atoms with Crippen molar-refractivity contribution in [1.82, 2.24) is 9.97 Å². The SMILES string of the molecule is COc1ccccc1NC(=O)[C@@H](C)Sc1ncnc2sc3c(c12)CC[C@@H](C)C3. The van der Waals surface area contributed by atoms with E-state index in [0.717, 1.165) is 34.0 Å². The highest BCUT2D eigenvalue weighted by atomic mass is 32.2. The van der Waals surface area contributed by atoms with Gasteiger partial charge in [0.25, 0.3) is 0 Å². The van der Waals surface area contributed by atoms with Gasteiger partial charge in [-0.3, -0.25) is 4.79 Å². The number of methoxy groups -OCH3 is 1. The van der Waals surface area contributed by atoms with Crippen LogP contribution in [0.4, 0.5) is 5.69 Å². The summed E-state index contributed by atoms with van der Waals surface area (Å²) in [6.45, 7) is 4.21. The molecule has 7 heteroatoms. The molecule has 0 unspecified atom stereocenters. The Labute approximate surface area is 172 Å². The molecule has 5 nitrogen and oxygen atoms in total. The average Bonchev–Trinajstić information content (AvgIpc) is 3.06. The predicted octanol–water partition coefficient (Wildman–Crippen LogP) is 4.94. The fourth-order valence-electron chi connectivity index (χ4n) is 3.54. The number of nitrogens with one attached hydrogen (secondary N) is 1. The van der Waals surface area contributed by atoms with E-state index in [1.165, 1.54) is 28.6 Å². The molecule has 0 saturated carbocycles. The number of amides is 1. The molecule has 1 aliphatic rings. The monoisotopic (exact) mass is 413 g/mol. The van der Waals surface area contributed by atoms with Gasteiger partial charge in [-0.25, -0.2) is 9.97 Å². The molecule has 0 aliphatic heterocycles. The average molecular weight is 414 g/mol. The fraction of sp³-hybridized carbons (Fsp3) is 0.381. The van der Waals surface area contributed by atoms with Crippen LogP contribution in [-0.4, -0.2) is 28.2 Å². The molecule has 0 radical (unpaired) electrons. The van der Waals surface area contributed by atoms with Crippen LogP contribution in [0.25, 0.3) is 10.2 Å². The molecule has 0 saturated heterocycles. The summed E-state index contributed by atoms with van der Waals surface area (Å²) >= 11 is 3.27. The third-order valence-electron chi connectivity index (χ3n) is 5.08. The van der Waals surface area contributed by atoms with Crippen molar-refractivity contribution < 1.29 is 9.53 Å². The summed E-state index contributed by atoms with van der Waals surface area (Å²) in [5.41, 5.74) is 2.07. The molecule has 1 aliphatic carbocycles. The van der Waals surface area contributed by atoms with Gasteiger partial charge < -0.3 is 10.1 Å². The summed E-state index contributed by atoms with van der Waals surface area (Å²) in [4.78, 5) is 24.2. The van der Waals surface area contributed by atoms with Gasteiger partial charge in [-0.05, 0) is 49.8 Å². The van der Waals surface area contributed by atoms with Crippen LogP contribution >= 0.6 is 23.1 Å². The van der Waals surface area contributed by atoms with Crippen molar-refractivity contribution in [3.05, 3.63) is 41.0 Å². The zero-order valence-corrected chi connectivity index (χ0v) is 17.8. The summed E-state index contributed by atoms with van der Waals surface area (Å²) in [5, 5.41) is 4.73. The van der Waals surface area contributed by atoms with Gasteiger partial charge in [-0.1, -0.05) is 30.8 Å². The van der Waals surface area contributed by atoms with Crippen LogP contribution in [0, 0.1) is 5.92 Å². The number of para-hydroxylation sites is 2. The lowest BCUT2D eigenvalue weighted by Gasteiger charge is -2.18. The Balaban J connectivity index is 1.57. The van der Waals surface area contributed by atoms with Crippen molar-refractivity contribution in [2.75, 3.05) is 12.4 Å². The van der Waals surface area contributed by atoms with Crippen LogP contribution < -0.4 is 10.1 Å². The van der Waals surface area contributed by atoms with Gasteiger partial charge >= 0.3 is 0 Å². The zero-order valence-electron chi connectivity index (χ0n) is 16.2. The Bertz CT molecular complexity index is 1020. The van der Waals surface area contributed by atoms with E-state index in [2.05, 4.69) is 22.2 Å². The van der Waals surface area contributed by atoms with Gasteiger partial charge in [0, 0.05) is 10.3 Å². The van der Waals surface area contributed by atoms with Gasteiger partial charge in [0.15, 0.2) is 0 Å². The Hall–Kier alpha value is -2.12. The maximum Gasteiger partial charge on any atom is 0.237 e. The summed E-state index contributed by atoms with van der Waals surface area (Å²) in [5.74, 6) is 1.30. The van der Waals surface area contributed by atoms with E-state index in [0.29, 0.717) is 11.4 Å². The number of benzene rings is 1. The van der Waals surface area contributed by atoms with Crippen LogP contribution in [0.5, 0.6) is 5.75 Å². The van der Waals surface area contributed by atoms with Crippen LogP contribution in [-0.2, 0) is 17.6 Å². The number of aryl methyl sites for hydroxylation is 1. The van der Waals surface area contributed by atoms with E-state index in [9.17, 15) is 4.79 Å². The molecule has 4 rings (SSSR count). The molecule has 1 aromatic carbocycles. The second-order valence-corrected chi connectivity index (χ2v) is 9.57. The molecule has 3 aromatic rings. The minimum atomic E-state index is -0.291. The summed E-state index contributed by atoms with van der Waals surface area (Å²) in [7, 11) is 1.60. The van der Waals surface area contributed by atoms with E-state index >= 15 is 0 Å². The number of ether oxygens (including phenoxy) is 1. The largest absolute Gasteiger partial charge is 0.495 e. The van der Waals surface area contributed by atoms with Crippen molar-refractivity contribution in [2.24, 2.45) is 5.92 Å². The molecule has 2 atom stereocenters. The second-order valence-electron chi connectivity index (χ2n) is 7.16. The molecule has 28 heavy (non-hydrogen) atoms. The number of thiophene rings is 1. The van der Waals surface area contributed by atoms with Gasteiger partial charge in [-0.15, -0.1) is 11.3 Å². The number of anilines is 1. The van der Waals surface area contributed by atoms with Crippen molar-refractivity contribution in [3.8, 4) is 5.75 Å². The van der Waals surface area contributed by atoms with Crippen molar-refractivity contribution in [3.63, 3.8) is 0 Å². The molecular weight excluding hydrogens is 390 g/mol. The molecule has 146 valence electrons. The third-order valence-corrected chi connectivity index (χ3v) is 7.34. The maximum absolute atomic E-state index is 12.8. The highest BCUT2D eigenvalue weighted by molar-refractivity contribution is 8.00. The number of hydrogen-bond donors (Lipinski definition) is 1. The zero-order chi connectivity index (χ0) is 19.7. The van der Waals surface area contributed by atoms with Gasteiger partial charge in [0.2, 0.25) is 5.91 Å². The van der Waals surface area contributed by atoms with Crippen LogP contribution in [0.15, 0.2) is 35.6 Å². The first-order valence-corrected chi connectivity index (χ1v) is 11.1. The molecule has 1 amide bonds. The quantitative estimate of drug-likeness (QED) is 0.474. The lowest BCUT2D eigenvalue weighted by atomic mass is 9.89. The summed E-state index contributed by atoms with van der Waals surface area (Å²) in [6, 6.07) is 7.43. The van der Waals surface area contributed by atoms with Gasteiger partial charge in [0.1, 0.15) is 21.9 Å². The number of carbonyl (C=O) groups is 1. The first kappa shape index (κ1) is 19.2. The highest BCUT2D eigenvalue weighted by Gasteiger charge is 2.25. The van der Waals surface area contributed by atoms with Crippen LogP contribution in [0.1, 0.15) is 30.7 Å². The molecular formula is C21H23N3O2S2. The van der Waals surface area contributed by atoms with Crippen molar-refractivity contribution in [1.29, 1.82) is 0 Å². The van der Waals surface area contributed by atoms with E-state index in [-0.39, 0.29) is 11.2 Å². The van der Waals surface area contributed by atoms with Crippen LogP contribution in [0.3, 0.4) is 0 Å². The van der Waals surface area contributed by atoms with E-state index in [1.54, 1.807) is 24.8 Å². The van der Waals surface area contributed by atoms with E-state index in [1.807, 2.05) is 31.2 Å². The predicted molar refractivity (Wildman–Crippen MR) is 116 cm³/mol. The van der Waals surface area contributed by atoms with Crippen molar-refractivity contribution in [2.45, 2.75) is 43.4 Å². The van der Waals surface area contributed by atoms with Gasteiger partial charge in [-0.2, -0.15) is 0 Å². The molecule has 2 aromatic heterocycles. The Kier molecular flexibility index (Phi) is 5.55. The maximum atomic E-state index is 12.8. The Morgan fingerprint density at radius 2 is 2.18 bits per heavy atom. The second kappa shape index (κ2) is 8.09. The lowest BCUT2D eigenvalue weighted by Crippen LogP contribution is -2.22. The standard InChI is InChI=1S/C21H23N3O2S2/c1-12-8-9-14-17(10-12)28-21-18(14)20(22-11-23-21)27-13(2)19(25)24-15-6-4-5-7-16(15)26-3/h4-7,11-13H,8-10H2,1-3H3,(H,24,25)/t12-,13-/m1/s1. The number of nitrogens with zero attached hydrogens (tertiary/aromatic N) is 2. The van der Waals surface area contributed by atoms with E-state index < -0.39 is 0 Å². The lowest BCUT2D eigenvalue weighted by molar-refractivity contribution is -0.115. The fourth-order valence-corrected chi connectivity index (χ4v) is 5.90. The Morgan fingerprint density at radius 1 is 1.36 bits per heavy atom. The summed E-state index contributed by atoms with van der Waals surface area (Å²) < 4.78 is 5.32. The number of aromatic nitrogens is 2. The van der Waals surface area contributed by atoms with Crippen molar-refractivity contribution >= 4 is 44.9 Å². The molecule has 0 spiro atoms. The number of rotatable bonds is 5.